The molecule has 1 amide bonds. The molecule has 132 valence electrons. The summed E-state index contributed by atoms with van der Waals surface area (Å²) in [6, 6.07) is 10.2. The van der Waals surface area contributed by atoms with Gasteiger partial charge in [-0.05, 0) is 63.6 Å². The second-order valence-electron chi connectivity index (χ2n) is 6.82. The van der Waals surface area contributed by atoms with Gasteiger partial charge < -0.3 is 4.98 Å². The molecule has 1 saturated heterocycles. The van der Waals surface area contributed by atoms with Gasteiger partial charge in [-0.1, -0.05) is 25.6 Å². The van der Waals surface area contributed by atoms with Crippen molar-refractivity contribution < 1.29 is 4.79 Å². The maximum atomic E-state index is 13.1. The van der Waals surface area contributed by atoms with Crippen molar-refractivity contribution in [3.8, 4) is 0 Å². The molecule has 0 atom stereocenters. The molecule has 4 rings (SSSR count). The van der Waals surface area contributed by atoms with E-state index in [0.29, 0.717) is 6.67 Å². The molecule has 25 heavy (non-hydrogen) atoms. The first-order valence-electron chi connectivity index (χ1n) is 8.65. The van der Waals surface area contributed by atoms with Gasteiger partial charge >= 0.3 is 0 Å². The minimum absolute atomic E-state index is 0. The molecule has 0 aliphatic carbocycles. The van der Waals surface area contributed by atoms with Gasteiger partial charge in [0, 0.05) is 17.0 Å². The van der Waals surface area contributed by atoms with Crippen LogP contribution in [0.25, 0.3) is 11.6 Å². The predicted octanol–water partition coefficient (Wildman–Crippen LogP) is 4.21. The van der Waals surface area contributed by atoms with E-state index in [9.17, 15) is 4.79 Å². The number of benzene rings is 1. The number of fused-ring (bicyclic) bond motifs is 1. The number of aromatic nitrogens is 1. The van der Waals surface area contributed by atoms with Crippen LogP contribution in [0.15, 0.2) is 30.3 Å². The Hall–Kier alpha value is -2.33. The maximum Gasteiger partial charge on any atom is 0.260 e. The Bertz CT molecular complexity index is 812. The summed E-state index contributed by atoms with van der Waals surface area (Å²) in [5, 5.41) is 0. The summed E-state index contributed by atoms with van der Waals surface area (Å²) < 4.78 is 0. The summed E-state index contributed by atoms with van der Waals surface area (Å²) in [6.45, 7) is 6.97. The number of amides is 1. The molecule has 0 bridgehead atoms. The minimum atomic E-state index is 0. The smallest absolute Gasteiger partial charge is 0.260 e. The monoisotopic (exact) mass is 337 g/mol. The van der Waals surface area contributed by atoms with E-state index in [0.717, 1.165) is 41.3 Å². The molecule has 1 N–H and O–H groups in total. The topological polar surface area (TPSA) is 39.3 Å². The van der Waals surface area contributed by atoms with Gasteiger partial charge in [0.2, 0.25) is 0 Å². The molecule has 1 fully saturated rings. The lowest BCUT2D eigenvalue weighted by Gasteiger charge is -2.24. The van der Waals surface area contributed by atoms with Crippen molar-refractivity contribution in [2.75, 3.05) is 24.7 Å². The summed E-state index contributed by atoms with van der Waals surface area (Å²) in [7, 11) is 0. The summed E-state index contributed by atoms with van der Waals surface area (Å²) in [4.78, 5) is 20.7. The summed E-state index contributed by atoms with van der Waals surface area (Å²) in [5.74, 6) is 0.106. The van der Waals surface area contributed by atoms with Crippen molar-refractivity contribution in [3.63, 3.8) is 0 Å². The van der Waals surface area contributed by atoms with E-state index < -0.39 is 0 Å². The first kappa shape index (κ1) is 17.5. The number of nitrogens with zero attached hydrogens (tertiary/aromatic N) is 2. The highest BCUT2D eigenvalue weighted by atomic mass is 16.2. The third kappa shape index (κ3) is 3.14. The summed E-state index contributed by atoms with van der Waals surface area (Å²) >= 11 is 0. The van der Waals surface area contributed by atoms with Crippen LogP contribution < -0.4 is 4.90 Å². The van der Waals surface area contributed by atoms with Gasteiger partial charge in [-0.2, -0.15) is 0 Å². The number of aromatic amines is 1. The average Bonchev–Trinajstić information content (AvgIpc) is 3.24. The highest BCUT2D eigenvalue weighted by molar-refractivity contribution is 6.35. The summed E-state index contributed by atoms with van der Waals surface area (Å²) in [6.07, 6.45) is 4.47. The third-order valence-electron chi connectivity index (χ3n) is 4.98. The molecule has 2 aliphatic heterocycles. The number of anilines is 1. The number of likely N-dealkylation sites (tertiary alicyclic amines) is 1. The molecule has 0 radical (unpaired) electrons. The number of nitrogens with one attached hydrogen (secondary N) is 1. The molecule has 2 aromatic rings. The Balaban J connectivity index is 0.00000182. The van der Waals surface area contributed by atoms with Crippen LogP contribution >= 0.6 is 0 Å². The van der Waals surface area contributed by atoms with Crippen LogP contribution in [0.4, 0.5) is 5.69 Å². The van der Waals surface area contributed by atoms with Crippen LogP contribution in [0.5, 0.6) is 0 Å². The zero-order chi connectivity index (χ0) is 16.7. The van der Waals surface area contributed by atoms with Crippen LogP contribution in [0, 0.1) is 13.8 Å². The lowest BCUT2D eigenvalue weighted by molar-refractivity contribution is -0.113. The number of rotatable bonds is 3. The Kier molecular flexibility index (Phi) is 4.82. The predicted molar refractivity (Wildman–Crippen MR) is 104 cm³/mol. The number of H-pyrrole nitrogens is 1. The molecule has 1 aromatic heterocycles. The van der Waals surface area contributed by atoms with Crippen LogP contribution in [0.3, 0.4) is 0 Å². The van der Waals surface area contributed by atoms with Gasteiger partial charge in [-0.3, -0.25) is 14.6 Å². The van der Waals surface area contributed by atoms with E-state index in [4.69, 9.17) is 0 Å². The molecular formula is C21H27N3O. The SMILES string of the molecule is C.Cc1cc(C)c(C=C2C(=O)N(CN3CCCC3)c3ccccc32)[nH]1. The largest absolute Gasteiger partial charge is 0.359 e. The van der Waals surface area contributed by atoms with Gasteiger partial charge in [0.05, 0.1) is 17.9 Å². The Labute approximate surface area is 150 Å². The molecule has 4 heteroatoms. The second-order valence-corrected chi connectivity index (χ2v) is 6.82. The highest BCUT2D eigenvalue weighted by Gasteiger charge is 2.33. The number of aryl methyl sites for hydroxylation is 2. The molecule has 2 aliphatic rings. The Morgan fingerprint density at radius 2 is 1.88 bits per heavy atom. The Morgan fingerprint density at radius 3 is 2.56 bits per heavy atom. The molecule has 0 unspecified atom stereocenters. The molecule has 0 spiro atoms. The second kappa shape index (κ2) is 6.89. The molecular weight excluding hydrogens is 310 g/mol. The van der Waals surface area contributed by atoms with Gasteiger partial charge in [0.1, 0.15) is 0 Å². The Morgan fingerprint density at radius 1 is 1.16 bits per heavy atom. The fraction of sp³-hybridized carbons (Fsp3) is 0.381. The lowest BCUT2D eigenvalue weighted by atomic mass is 10.1. The quantitative estimate of drug-likeness (QED) is 0.852. The van der Waals surface area contributed by atoms with E-state index in [-0.39, 0.29) is 13.3 Å². The number of para-hydroxylation sites is 1. The van der Waals surface area contributed by atoms with Gasteiger partial charge in [0.25, 0.3) is 5.91 Å². The zero-order valence-corrected chi connectivity index (χ0v) is 14.3. The van der Waals surface area contributed by atoms with E-state index in [1.807, 2.05) is 36.1 Å². The number of carbonyl (C=O) groups is 1. The first-order chi connectivity index (χ1) is 11.6. The molecule has 0 saturated carbocycles. The van der Waals surface area contributed by atoms with Crippen LogP contribution in [0.2, 0.25) is 0 Å². The average molecular weight is 337 g/mol. The highest BCUT2D eigenvalue weighted by Crippen LogP contribution is 2.38. The van der Waals surface area contributed by atoms with Crippen LogP contribution in [-0.2, 0) is 4.79 Å². The van der Waals surface area contributed by atoms with Gasteiger partial charge in [0.15, 0.2) is 0 Å². The lowest BCUT2D eigenvalue weighted by Crippen LogP contribution is -2.38. The van der Waals surface area contributed by atoms with Crippen LogP contribution in [-0.4, -0.2) is 35.5 Å². The zero-order valence-electron chi connectivity index (χ0n) is 14.3. The molecule has 4 nitrogen and oxygen atoms in total. The molecule has 1 aromatic carbocycles. The van der Waals surface area contributed by atoms with Crippen LogP contribution in [0.1, 0.15) is 42.8 Å². The third-order valence-corrected chi connectivity index (χ3v) is 4.98. The van der Waals surface area contributed by atoms with E-state index in [1.165, 1.54) is 18.4 Å². The van der Waals surface area contributed by atoms with Crippen molar-refractivity contribution in [2.24, 2.45) is 0 Å². The van der Waals surface area contributed by atoms with Crippen molar-refractivity contribution >= 4 is 23.2 Å². The fourth-order valence-corrected chi connectivity index (χ4v) is 3.75. The van der Waals surface area contributed by atoms with Crippen molar-refractivity contribution in [2.45, 2.75) is 34.1 Å². The minimum Gasteiger partial charge on any atom is -0.359 e. The first-order valence-corrected chi connectivity index (χ1v) is 8.65. The maximum absolute atomic E-state index is 13.1. The van der Waals surface area contributed by atoms with Gasteiger partial charge in [-0.25, -0.2) is 0 Å². The standard InChI is InChI=1S/C20H23N3O.CH4/c1-14-11-15(2)21-18(14)12-17-16-7-3-4-8-19(16)23(20(17)24)13-22-9-5-6-10-22;/h3-4,7-8,11-12,21H,5-6,9-10,13H2,1-2H3;1H4. The number of hydrogen-bond donors (Lipinski definition) is 1. The normalized spacial score (nSPS) is 18.7. The van der Waals surface area contributed by atoms with E-state index in [1.54, 1.807) is 0 Å². The number of hydrogen-bond acceptors (Lipinski definition) is 2. The summed E-state index contributed by atoms with van der Waals surface area (Å²) in [5.41, 5.74) is 6.16. The van der Waals surface area contributed by atoms with Crippen molar-refractivity contribution in [3.05, 3.63) is 52.8 Å². The molecule has 3 heterocycles. The van der Waals surface area contributed by atoms with Crippen molar-refractivity contribution in [1.29, 1.82) is 0 Å². The number of carbonyl (C=O) groups excluding carboxylic acids is 1. The van der Waals surface area contributed by atoms with E-state index >= 15 is 0 Å². The van der Waals surface area contributed by atoms with Crippen molar-refractivity contribution in [1.82, 2.24) is 9.88 Å². The van der Waals surface area contributed by atoms with Gasteiger partial charge in [-0.15, -0.1) is 0 Å². The fourth-order valence-electron chi connectivity index (χ4n) is 3.75. The van der Waals surface area contributed by atoms with E-state index in [2.05, 4.69) is 28.9 Å².